The summed E-state index contributed by atoms with van der Waals surface area (Å²) in [6.07, 6.45) is -1.63. The number of nitrogens with zero attached hydrogens (tertiary/aromatic N) is 2. The predicted molar refractivity (Wildman–Crippen MR) is 102 cm³/mol. The highest BCUT2D eigenvalue weighted by molar-refractivity contribution is 6.08. The van der Waals surface area contributed by atoms with Crippen LogP contribution in [0, 0.1) is 0 Å². The minimum absolute atomic E-state index is 0.00442. The highest BCUT2D eigenvalue weighted by Gasteiger charge is 2.30. The van der Waals surface area contributed by atoms with Gasteiger partial charge >= 0.3 is 6.18 Å². The number of hydrogen-bond acceptors (Lipinski definition) is 4. The number of nitrogens with one attached hydrogen (secondary N) is 2. The van der Waals surface area contributed by atoms with E-state index >= 15 is 0 Å². The monoisotopic (exact) mass is 414 g/mol. The number of halogens is 3. The van der Waals surface area contributed by atoms with Crippen molar-refractivity contribution in [3.05, 3.63) is 88.5 Å². The van der Waals surface area contributed by atoms with Gasteiger partial charge in [0.1, 0.15) is 22.9 Å². The Bertz CT molecular complexity index is 1280. The van der Waals surface area contributed by atoms with Gasteiger partial charge in [0, 0.05) is 6.20 Å². The van der Waals surface area contributed by atoms with Gasteiger partial charge in [0.2, 0.25) is 0 Å². The van der Waals surface area contributed by atoms with Crippen LogP contribution in [0.4, 0.5) is 19.0 Å². The number of ether oxygens (including phenoxy) is 1. The highest BCUT2D eigenvalue weighted by Crippen LogP contribution is 2.32. The number of carbonyl (C=O) groups excluding carboxylic acids is 1. The number of benzene rings is 1. The van der Waals surface area contributed by atoms with E-state index in [1.54, 1.807) is 24.4 Å². The number of rotatable bonds is 4. The van der Waals surface area contributed by atoms with Gasteiger partial charge in [-0.25, -0.2) is 4.98 Å². The van der Waals surface area contributed by atoms with Crippen LogP contribution < -0.4 is 15.6 Å². The van der Waals surface area contributed by atoms with Crippen molar-refractivity contribution in [2.45, 2.75) is 6.18 Å². The first kappa shape index (κ1) is 19.2. The molecule has 0 atom stereocenters. The first-order valence-electron chi connectivity index (χ1n) is 8.63. The number of amides is 1. The van der Waals surface area contributed by atoms with Gasteiger partial charge < -0.3 is 10.1 Å². The highest BCUT2D eigenvalue weighted by atomic mass is 19.4. The third-order valence-electron chi connectivity index (χ3n) is 4.17. The Morgan fingerprint density at radius 1 is 1.07 bits per heavy atom. The van der Waals surface area contributed by atoms with E-state index in [1.807, 2.05) is 0 Å². The maximum atomic E-state index is 12.8. The van der Waals surface area contributed by atoms with Crippen LogP contribution in [-0.4, -0.2) is 20.5 Å². The molecule has 1 aromatic carbocycles. The molecule has 0 unspecified atom stereocenters. The molecule has 0 saturated carbocycles. The molecule has 4 rings (SSSR count). The molecule has 1 amide bonds. The number of H-pyrrole nitrogens is 1. The minimum Gasteiger partial charge on any atom is -0.456 e. The summed E-state index contributed by atoms with van der Waals surface area (Å²) in [4.78, 5) is 28.6. The standard InChI is InChI=1S/C20H13F3N4O3/c21-20(22,23)12-4-3-5-13(10-12)30-14-7-8-16(24-11-14)25-18(28)17-15-6-1-2-9-27(15)26-19(17)29/h1-11H,(H,26,29)(H,24,25,28). The maximum Gasteiger partial charge on any atom is 0.416 e. The van der Waals surface area contributed by atoms with Gasteiger partial charge in [-0.3, -0.25) is 19.2 Å². The number of aromatic amines is 1. The predicted octanol–water partition coefficient (Wildman–Crippen LogP) is 4.09. The summed E-state index contributed by atoms with van der Waals surface area (Å²) >= 11 is 0. The molecule has 0 aliphatic rings. The SMILES string of the molecule is O=C(Nc1ccc(Oc2cccc(C(F)(F)F)c2)cn1)c1c(=O)[nH]n2ccccc12. The van der Waals surface area contributed by atoms with Crippen molar-refractivity contribution in [1.82, 2.24) is 14.6 Å². The second-order valence-electron chi connectivity index (χ2n) is 6.23. The Morgan fingerprint density at radius 2 is 1.90 bits per heavy atom. The van der Waals surface area contributed by atoms with Gasteiger partial charge in [-0.2, -0.15) is 13.2 Å². The summed E-state index contributed by atoms with van der Waals surface area (Å²) in [6, 6.07) is 12.3. The second kappa shape index (κ2) is 7.39. The van der Waals surface area contributed by atoms with E-state index in [1.165, 1.54) is 35.0 Å². The molecule has 0 saturated heterocycles. The summed E-state index contributed by atoms with van der Waals surface area (Å²) in [5.74, 6) is -0.329. The Balaban J connectivity index is 1.50. The van der Waals surface area contributed by atoms with Gasteiger partial charge in [0.15, 0.2) is 0 Å². The Hall–Kier alpha value is -4.08. The number of hydrogen-bond donors (Lipinski definition) is 2. The zero-order valence-electron chi connectivity index (χ0n) is 15.1. The lowest BCUT2D eigenvalue weighted by atomic mass is 10.2. The molecule has 30 heavy (non-hydrogen) atoms. The van der Waals surface area contributed by atoms with Gasteiger partial charge in [0.25, 0.3) is 11.5 Å². The molecule has 3 heterocycles. The molecule has 10 heteroatoms. The number of aromatic nitrogens is 3. The quantitative estimate of drug-likeness (QED) is 0.527. The second-order valence-corrected chi connectivity index (χ2v) is 6.23. The summed E-state index contributed by atoms with van der Waals surface area (Å²) in [6.45, 7) is 0. The van der Waals surface area contributed by atoms with Crippen molar-refractivity contribution in [2.24, 2.45) is 0 Å². The fourth-order valence-electron chi connectivity index (χ4n) is 2.81. The van der Waals surface area contributed by atoms with E-state index in [4.69, 9.17) is 4.74 Å². The molecule has 0 bridgehead atoms. The Morgan fingerprint density at radius 3 is 2.63 bits per heavy atom. The van der Waals surface area contributed by atoms with Crippen molar-refractivity contribution in [3.63, 3.8) is 0 Å². The minimum atomic E-state index is -4.48. The van der Waals surface area contributed by atoms with E-state index in [2.05, 4.69) is 15.4 Å². The van der Waals surface area contributed by atoms with Crippen molar-refractivity contribution >= 4 is 17.2 Å². The Labute approximate surface area is 166 Å². The molecule has 0 aliphatic heterocycles. The molecular weight excluding hydrogens is 401 g/mol. The Kier molecular flexibility index (Phi) is 4.74. The van der Waals surface area contributed by atoms with Crippen molar-refractivity contribution in [1.29, 1.82) is 0 Å². The number of pyridine rings is 2. The summed E-state index contributed by atoms with van der Waals surface area (Å²) in [5.41, 5.74) is -1.05. The molecule has 0 radical (unpaired) electrons. The third kappa shape index (κ3) is 3.88. The van der Waals surface area contributed by atoms with E-state index < -0.39 is 23.2 Å². The van der Waals surface area contributed by atoms with Crippen LogP contribution in [0.2, 0.25) is 0 Å². The van der Waals surface area contributed by atoms with Crippen LogP contribution in [0.25, 0.3) is 5.52 Å². The average molecular weight is 414 g/mol. The molecule has 4 aromatic rings. The number of anilines is 1. The summed E-state index contributed by atoms with van der Waals surface area (Å²) in [7, 11) is 0. The van der Waals surface area contributed by atoms with Gasteiger partial charge in [-0.05, 0) is 42.5 Å². The topological polar surface area (TPSA) is 88.5 Å². The lowest BCUT2D eigenvalue weighted by Crippen LogP contribution is -2.20. The largest absolute Gasteiger partial charge is 0.456 e. The van der Waals surface area contributed by atoms with E-state index in [0.717, 1.165) is 12.1 Å². The van der Waals surface area contributed by atoms with E-state index in [-0.39, 0.29) is 22.9 Å². The molecule has 7 nitrogen and oxygen atoms in total. The first-order valence-corrected chi connectivity index (χ1v) is 8.63. The van der Waals surface area contributed by atoms with Crippen LogP contribution >= 0.6 is 0 Å². The molecule has 0 aliphatic carbocycles. The van der Waals surface area contributed by atoms with Gasteiger partial charge in [0.05, 0.1) is 17.3 Å². The van der Waals surface area contributed by atoms with Crippen molar-refractivity contribution in [3.8, 4) is 11.5 Å². The zero-order chi connectivity index (χ0) is 21.3. The molecule has 0 spiro atoms. The third-order valence-corrected chi connectivity index (χ3v) is 4.17. The number of alkyl halides is 3. The van der Waals surface area contributed by atoms with Crippen LogP contribution in [0.1, 0.15) is 15.9 Å². The lowest BCUT2D eigenvalue weighted by Gasteiger charge is -2.10. The first-order chi connectivity index (χ1) is 14.3. The van der Waals surface area contributed by atoms with Crippen LogP contribution in [-0.2, 0) is 6.18 Å². The van der Waals surface area contributed by atoms with Gasteiger partial charge in [-0.1, -0.05) is 12.1 Å². The normalized spacial score (nSPS) is 11.4. The smallest absolute Gasteiger partial charge is 0.416 e. The maximum absolute atomic E-state index is 12.8. The van der Waals surface area contributed by atoms with Crippen LogP contribution in [0.3, 0.4) is 0 Å². The molecule has 0 fully saturated rings. The molecule has 152 valence electrons. The summed E-state index contributed by atoms with van der Waals surface area (Å²) in [5, 5.41) is 5.03. The van der Waals surface area contributed by atoms with Crippen molar-refractivity contribution in [2.75, 3.05) is 5.32 Å². The van der Waals surface area contributed by atoms with Crippen LogP contribution in [0.5, 0.6) is 11.5 Å². The zero-order valence-corrected chi connectivity index (χ0v) is 15.1. The lowest BCUT2D eigenvalue weighted by molar-refractivity contribution is -0.137. The van der Waals surface area contributed by atoms with Crippen LogP contribution in [0.15, 0.2) is 71.8 Å². The van der Waals surface area contributed by atoms with E-state index in [9.17, 15) is 22.8 Å². The number of carbonyl (C=O) groups is 1. The number of fused-ring (bicyclic) bond motifs is 1. The molecular formula is C20H13F3N4O3. The van der Waals surface area contributed by atoms with Crippen molar-refractivity contribution < 1.29 is 22.7 Å². The van der Waals surface area contributed by atoms with E-state index in [0.29, 0.717) is 5.52 Å². The fourth-order valence-corrected chi connectivity index (χ4v) is 2.81. The molecule has 3 aromatic heterocycles. The average Bonchev–Trinajstić information content (AvgIpc) is 3.05. The molecule has 2 N–H and O–H groups in total. The summed E-state index contributed by atoms with van der Waals surface area (Å²) < 4.78 is 45.2. The van der Waals surface area contributed by atoms with Gasteiger partial charge in [-0.15, -0.1) is 0 Å². The fraction of sp³-hybridized carbons (Fsp3) is 0.0500.